The number of anilines is 1. The van der Waals surface area contributed by atoms with Crippen LogP contribution in [0, 0.1) is 0 Å². The van der Waals surface area contributed by atoms with E-state index in [9.17, 15) is 4.79 Å². The molecule has 0 aliphatic heterocycles. The Bertz CT molecular complexity index is 646. The minimum absolute atomic E-state index is 0.192. The molecule has 0 bridgehead atoms. The van der Waals surface area contributed by atoms with Crippen LogP contribution in [0.3, 0.4) is 0 Å². The number of rotatable bonds is 2. The summed E-state index contributed by atoms with van der Waals surface area (Å²) in [5.74, 6) is -0.192. The molecule has 1 amide bonds. The molecule has 0 atom stereocenters. The smallest absolute Gasteiger partial charge is 0.256 e. The first-order chi connectivity index (χ1) is 8.97. The summed E-state index contributed by atoms with van der Waals surface area (Å²) in [4.78, 5) is 12.2. The van der Waals surface area contributed by atoms with Gasteiger partial charge >= 0.3 is 0 Å². The third kappa shape index (κ3) is 3.81. The number of carbonyl (C=O) groups excluding carboxylic acids is 1. The van der Waals surface area contributed by atoms with Gasteiger partial charge in [0.25, 0.3) is 5.91 Å². The molecule has 2 aromatic rings. The average molecular weight is 468 g/mol. The Morgan fingerprint density at radius 1 is 1.00 bits per heavy atom. The maximum Gasteiger partial charge on any atom is 0.256 e. The zero-order chi connectivity index (χ0) is 14.0. The summed E-state index contributed by atoms with van der Waals surface area (Å²) in [5, 5.41) is 3.43. The van der Waals surface area contributed by atoms with Crippen molar-refractivity contribution >= 4 is 71.0 Å². The molecule has 2 aromatic carbocycles. The van der Waals surface area contributed by atoms with Crippen LogP contribution in [0.4, 0.5) is 5.69 Å². The second kappa shape index (κ2) is 6.39. The Hall–Kier alpha value is -0.360. The van der Waals surface area contributed by atoms with Crippen molar-refractivity contribution in [2.75, 3.05) is 5.32 Å². The second-order valence-electron chi connectivity index (χ2n) is 3.70. The van der Waals surface area contributed by atoms with E-state index in [0.717, 1.165) is 13.4 Å². The van der Waals surface area contributed by atoms with E-state index in [1.807, 2.05) is 12.1 Å². The van der Waals surface area contributed by atoms with Gasteiger partial charge in [0, 0.05) is 18.4 Å². The zero-order valence-corrected chi connectivity index (χ0v) is 14.9. The molecule has 0 heterocycles. The fourth-order valence-corrected chi connectivity index (χ4v) is 3.46. The molecule has 2 rings (SSSR count). The summed E-state index contributed by atoms with van der Waals surface area (Å²) in [5.41, 5.74) is 1.23. The van der Waals surface area contributed by atoms with Crippen molar-refractivity contribution in [1.82, 2.24) is 0 Å². The van der Waals surface area contributed by atoms with Crippen LogP contribution in [0.5, 0.6) is 0 Å². The molecule has 98 valence electrons. The molecule has 1 N–H and O–H groups in total. The number of carbonyl (C=O) groups is 1. The van der Waals surface area contributed by atoms with E-state index < -0.39 is 0 Å². The highest BCUT2D eigenvalue weighted by atomic mass is 79.9. The van der Waals surface area contributed by atoms with Gasteiger partial charge in [-0.2, -0.15) is 0 Å². The highest BCUT2D eigenvalue weighted by Gasteiger charge is 2.12. The Labute approximate surface area is 140 Å². The minimum atomic E-state index is -0.192. The molecular weight excluding hydrogens is 461 g/mol. The molecule has 6 heteroatoms. The molecule has 0 fully saturated rings. The van der Waals surface area contributed by atoms with E-state index in [-0.39, 0.29) is 5.91 Å². The summed E-state index contributed by atoms with van der Waals surface area (Å²) in [7, 11) is 0. The third-order valence-electron chi connectivity index (χ3n) is 2.36. The van der Waals surface area contributed by atoms with Crippen molar-refractivity contribution in [2.45, 2.75) is 0 Å². The summed E-state index contributed by atoms with van der Waals surface area (Å²) in [6, 6.07) is 10.6. The zero-order valence-electron chi connectivity index (χ0n) is 9.38. The van der Waals surface area contributed by atoms with Gasteiger partial charge in [0.15, 0.2) is 0 Å². The highest BCUT2D eigenvalue weighted by molar-refractivity contribution is 9.11. The van der Waals surface area contributed by atoms with Gasteiger partial charge in [-0.25, -0.2) is 0 Å². The van der Waals surface area contributed by atoms with Crippen molar-refractivity contribution in [3.63, 3.8) is 0 Å². The van der Waals surface area contributed by atoms with E-state index in [4.69, 9.17) is 11.6 Å². The molecule has 0 saturated carbocycles. The first-order valence-corrected chi connectivity index (χ1v) is 7.94. The first-order valence-electron chi connectivity index (χ1n) is 5.19. The lowest BCUT2D eigenvalue weighted by atomic mass is 10.2. The van der Waals surface area contributed by atoms with Crippen molar-refractivity contribution in [1.29, 1.82) is 0 Å². The molecule has 0 aliphatic rings. The van der Waals surface area contributed by atoms with Crippen LogP contribution in [-0.2, 0) is 0 Å². The largest absolute Gasteiger partial charge is 0.321 e. The number of amides is 1. The standard InChI is InChI=1S/C13H7Br3ClNO/c14-7-1-3-9(10(15)5-7)13(19)18-12-4-2-8(17)6-11(12)16/h1-6H,(H,18,19). The lowest BCUT2D eigenvalue weighted by Gasteiger charge is -2.09. The van der Waals surface area contributed by atoms with Crippen molar-refractivity contribution in [3.05, 3.63) is 60.4 Å². The maximum atomic E-state index is 12.2. The van der Waals surface area contributed by atoms with Gasteiger partial charge in [-0.3, -0.25) is 4.79 Å². The van der Waals surface area contributed by atoms with Gasteiger partial charge in [0.05, 0.1) is 11.3 Å². The SMILES string of the molecule is O=C(Nc1ccc(Cl)cc1Br)c1ccc(Br)cc1Br. The first kappa shape index (κ1) is 15.0. The van der Waals surface area contributed by atoms with Crippen LogP contribution < -0.4 is 5.32 Å². The van der Waals surface area contributed by atoms with Gasteiger partial charge in [-0.15, -0.1) is 0 Å². The van der Waals surface area contributed by atoms with E-state index in [1.165, 1.54) is 0 Å². The predicted octanol–water partition coefficient (Wildman–Crippen LogP) is 5.88. The van der Waals surface area contributed by atoms with Gasteiger partial charge < -0.3 is 5.32 Å². The molecule has 0 unspecified atom stereocenters. The van der Waals surface area contributed by atoms with Crippen molar-refractivity contribution < 1.29 is 4.79 Å². The quantitative estimate of drug-likeness (QED) is 0.586. The van der Waals surface area contributed by atoms with Crippen LogP contribution in [0.1, 0.15) is 10.4 Å². The normalized spacial score (nSPS) is 10.3. The monoisotopic (exact) mass is 465 g/mol. The van der Waals surface area contributed by atoms with Gasteiger partial charge in [0.1, 0.15) is 0 Å². The molecule has 0 saturated heterocycles. The lowest BCUT2D eigenvalue weighted by Crippen LogP contribution is -2.12. The molecule has 19 heavy (non-hydrogen) atoms. The van der Waals surface area contributed by atoms with E-state index in [2.05, 4.69) is 53.1 Å². The molecular formula is C13H7Br3ClNO. The summed E-state index contributed by atoms with van der Waals surface area (Å²) in [6.07, 6.45) is 0. The van der Waals surface area contributed by atoms with E-state index in [0.29, 0.717) is 16.3 Å². The Kier molecular flexibility index (Phi) is 5.06. The van der Waals surface area contributed by atoms with Gasteiger partial charge in [-0.1, -0.05) is 27.5 Å². The van der Waals surface area contributed by atoms with Crippen LogP contribution >= 0.6 is 59.4 Å². The van der Waals surface area contributed by atoms with Crippen molar-refractivity contribution in [2.24, 2.45) is 0 Å². The summed E-state index contributed by atoms with van der Waals surface area (Å²) < 4.78 is 2.37. The summed E-state index contributed by atoms with van der Waals surface area (Å²) >= 11 is 15.9. The predicted molar refractivity (Wildman–Crippen MR) is 88.9 cm³/mol. The van der Waals surface area contributed by atoms with Crippen LogP contribution in [-0.4, -0.2) is 5.91 Å². The fraction of sp³-hybridized carbons (Fsp3) is 0. The number of hydrogen-bond donors (Lipinski definition) is 1. The molecule has 0 aromatic heterocycles. The number of benzene rings is 2. The molecule has 0 radical (unpaired) electrons. The number of halogens is 4. The van der Waals surface area contributed by atoms with Crippen molar-refractivity contribution in [3.8, 4) is 0 Å². The maximum absolute atomic E-state index is 12.2. The Morgan fingerprint density at radius 2 is 1.74 bits per heavy atom. The Balaban J connectivity index is 2.25. The van der Waals surface area contributed by atoms with E-state index in [1.54, 1.807) is 24.3 Å². The number of hydrogen-bond acceptors (Lipinski definition) is 1. The lowest BCUT2D eigenvalue weighted by molar-refractivity contribution is 0.102. The molecule has 2 nitrogen and oxygen atoms in total. The topological polar surface area (TPSA) is 29.1 Å². The minimum Gasteiger partial charge on any atom is -0.321 e. The third-order valence-corrected chi connectivity index (χ3v) is 4.40. The van der Waals surface area contributed by atoms with Crippen LogP contribution in [0.2, 0.25) is 5.02 Å². The van der Waals surface area contributed by atoms with Gasteiger partial charge in [-0.05, 0) is 68.3 Å². The Morgan fingerprint density at radius 3 is 2.37 bits per heavy atom. The van der Waals surface area contributed by atoms with E-state index >= 15 is 0 Å². The average Bonchev–Trinajstić information content (AvgIpc) is 2.32. The van der Waals surface area contributed by atoms with Crippen LogP contribution in [0.25, 0.3) is 0 Å². The second-order valence-corrected chi connectivity index (χ2v) is 6.76. The number of nitrogens with one attached hydrogen (secondary N) is 1. The molecule has 0 aliphatic carbocycles. The van der Waals surface area contributed by atoms with Crippen LogP contribution in [0.15, 0.2) is 49.8 Å². The molecule has 0 spiro atoms. The fourth-order valence-electron chi connectivity index (χ4n) is 1.45. The highest BCUT2D eigenvalue weighted by Crippen LogP contribution is 2.28. The van der Waals surface area contributed by atoms with Gasteiger partial charge in [0.2, 0.25) is 0 Å². The summed E-state index contributed by atoms with van der Waals surface area (Å²) in [6.45, 7) is 0.